The van der Waals surface area contributed by atoms with Crippen LogP contribution in [0.4, 0.5) is 0 Å². The number of carbonyl (C=O) groups is 1. The SMILES string of the molecule is COc1cc(C=NNC(=O)COc2ccccc2Br)cc(Br)c1O. The van der Waals surface area contributed by atoms with Crippen molar-refractivity contribution in [1.82, 2.24) is 5.43 Å². The van der Waals surface area contributed by atoms with Crippen molar-refractivity contribution in [2.24, 2.45) is 5.10 Å². The van der Waals surface area contributed by atoms with E-state index in [0.29, 0.717) is 21.5 Å². The zero-order valence-electron chi connectivity index (χ0n) is 12.6. The third-order valence-corrected chi connectivity index (χ3v) is 4.13. The molecule has 0 saturated carbocycles. The molecule has 0 aromatic heterocycles. The summed E-state index contributed by atoms with van der Waals surface area (Å²) in [6.07, 6.45) is 1.43. The molecule has 2 aromatic carbocycles. The number of aromatic hydroxyl groups is 1. The summed E-state index contributed by atoms with van der Waals surface area (Å²) >= 11 is 6.55. The molecule has 2 aromatic rings. The fourth-order valence-electron chi connectivity index (χ4n) is 1.74. The van der Waals surface area contributed by atoms with Crippen LogP contribution in [0.2, 0.25) is 0 Å². The predicted molar refractivity (Wildman–Crippen MR) is 97.7 cm³/mol. The highest BCUT2D eigenvalue weighted by Gasteiger charge is 2.08. The van der Waals surface area contributed by atoms with Gasteiger partial charge in [-0.15, -0.1) is 0 Å². The van der Waals surface area contributed by atoms with Crippen molar-refractivity contribution in [2.75, 3.05) is 13.7 Å². The molecule has 0 aliphatic heterocycles. The number of amides is 1. The topological polar surface area (TPSA) is 80.2 Å². The molecule has 2 rings (SSSR count). The third-order valence-electron chi connectivity index (χ3n) is 2.87. The highest BCUT2D eigenvalue weighted by molar-refractivity contribution is 9.10. The number of hydrogen-bond donors (Lipinski definition) is 2. The molecule has 24 heavy (non-hydrogen) atoms. The van der Waals surface area contributed by atoms with Gasteiger partial charge in [0.05, 0.1) is 22.3 Å². The van der Waals surface area contributed by atoms with Gasteiger partial charge in [0.1, 0.15) is 5.75 Å². The Labute approximate surface area is 155 Å². The van der Waals surface area contributed by atoms with E-state index in [2.05, 4.69) is 42.4 Å². The van der Waals surface area contributed by atoms with Crippen molar-refractivity contribution < 1.29 is 19.4 Å². The van der Waals surface area contributed by atoms with Crippen molar-refractivity contribution in [2.45, 2.75) is 0 Å². The van der Waals surface area contributed by atoms with Crippen molar-refractivity contribution in [1.29, 1.82) is 0 Å². The number of carbonyl (C=O) groups excluding carboxylic acids is 1. The van der Waals surface area contributed by atoms with Crippen LogP contribution in [-0.2, 0) is 4.79 Å². The standard InChI is InChI=1S/C16H14Br2N2O4/c1-23-14-7-10(6-12(18)16(14)22)8-19-20-15(21)9-24-13-5-3-2-4-11(13)17/h2-8,22H,9H2,1H3,(H,20,21). The Morgan fingerprint density at radius 2 is 2.00 bits per heavy atom. The summed E-state index contributed by atoms with van der Waals surface area (Å²) in [7, 11) is 1.45. The van der Waals surface area contributed by atoms with E-state index in [-0.39, 0.29) is 12.4 Å². The highest BCUT2D eigenvalue weighted by Crippen LogP contribution is 2.34. The molecule has 0 radical (unpaired) electrons. The number of ether oxygens (including phenoxy) is 2. The van der Waals surface area contributed by atoms with E-state index in [1.54, 1.807) is 18.2 Å². The van der Waals surface area contributed by atoms with E-state index >= 15 is 0 Å². The zero-order valence-corrected chi connectivity index (χ0v) is 15.8. The summed E-state index contributed by atoms with van der Waals surface area (Å²) in [6.45, 7) is -0.164. The number of phenols is 1. The van der Waals surface area contributed by atoms with Gasteiger partial charge in [0, 0.05) is 0 Å². The zero-order chi connectivity index (χ0) is 17.5. The minimum atomic E-state index is -0.396. The Kier molecular flexibility index (Phi) is 6.62. The van der Waals surface area contributed by atoms with E-state index < -0.39 is 5.91 Å². The van der Waals surface area contributed by atoms with E-state index in [0.717, 1.165) is 4.47 Å². The lowest BCUT2D eigenvalue weighted by atomic mass is 10.2. The highest BCUT2D eigenvalue weighted by atomic mass is 79.9. The van der Waals surface area contributed by atoms with Gasteiger partial charge in [0.15, 0.2) is 18.1 Å². The summed E-state index contributed by atoms with van der Waals surface area (Å²) in [5.41, 5.74) is 3.01. The Bertz CT molecular complexity index is 766. The van der Waals surface area contributed by atoms with Crippen LogP contribution in [0.15, 0.2) is 50.4 Å². The quantitative estimate of drug-likeness (QED) is 0.514. The molecule has 0 atom stereocenters. The van der Waals surface area contributed by atoms with E-state index in [9.17, 15) is 9.90 Å². The molecule has 0 aliphatic carbocycles. The van der Waals surface area contributed by atoms with Crippen LogP contribution in [0, 0.1) is 0 Å². The van der Waals surface area contributed by atoms with Crippen molar-refractivity contribution >= 4 is 44.0 Å². The van der Waals surface area contributed by atoms with Crippen LogP contribution in [0.1, 0.15) is 5.56 Å². The number of rotatable bonds is 6. The number of hydrogen-bond acceptors (Lipinski definition) is 5. The Hall–Kier alpha value is -2.06. The lowest BCUT2D eigenvalue weighted by Gasteiger charge is -2.07. The first-order valence-electron chi connectivity index (χ1n) is 6.77. The number of benzene rings is 2. The largest absolute Gasteiger partial charge is 0.503 e. The number of halogens is 2. The minimum Gasteiger partial charge on any atom is -0.503 e. The van der Waals surface area contributed by atoms with E-state index in [1.807, 2.05) is 18.2 Å². The van der Waals surface area contributed by atoms with Crippen LogP contribution in [0.3, 0.4) is 0 Å². The maximum atomic E-state index is 11.7. The molecule has 0 spiro atoms. The molecule has 1 amide bonds. The number of nitrogens with zero attached hydrogens (tertiary/aromatic N) is 1. The molecule has 0 heterocycles. The van der Waals surface area contributed by atoms with Crippen LogP contribution in [-0.4, -0.2) is 30.9 Å². The first-order chi connectivity index (χ1) is 11.5. The Morgan fingerprint density at radius 1 is 1.25 bits per heavy atom. The van der Waals surface area contributed by atoms with E-state index in [4.69, 9.17) is 9.47 Å². The molecule has 0 unspecified atom stereocenters. The number of nitrogens with one attached hydrogen (secondary N) is 1. The molecular formula is C16H14Br2N2O4. The number of phenolic OH excluding ortho intramolecular Hbond substituents is 1. The summed E-state index contributed by atoms with van der Waals surface area (Å²) in [5, 5.41) is 13.6. The first-order valence-corrected chi connectivity index (χ1v) is 8.35. The van der Waals surface area contributed by atoms with Crippen molar-refractivity contribution in [3.05, 3.63) is 50.9 Å². The smallest absolute Gasteiger partial charge is 0.277 e. The molecule has 8 heteroatoms. The Morgan fingerprint density at radius 3 is 2.71 bits per heavy atom. The average Bonchev–Trinajstić information content (AvgIpc) is 2.57. The third kappa shape index (κ3) is 4.97. The molecule has 6 nitrogen and oxygen atoms in total. The molecule has 0 bridgehead atoms. The maximum Gasteiger partial charge on any atom is 0.277 e. The number of methoxy groups -OCH3 is 1. The number of hydrazone groups is 1. The molecule has 126 valence electrons. The van der Waals surface area contributed by atoms with Gasteiger partial charge in [0.25, 0.3) is 5.91 Å². The minimum absolute atomic E-state index is 0.000485. The van der Waals surface area contributed by atoms with Crippen LogP contribution >= 0.6 is 31.9 Å². The van der Waals surface area contributed by atoms with Gasteiger partial charge in [-0.3, -0.25) is 4.79 Å². The average molecular weight is 458 g/mol. The molecule has 0 saturated heterocycles. The maximum absolute atomic E-state index is 11.7. The summed E-state index contributed by atoms with van der Waals surface area (Å²) < 4.78 is 11.6. The van der Waals surface area contributed by atoms with Gasteiger partial charge < -0.3 is 14.6 Å². The molecule has 0 aliphatic rings. The predicted octanol–water partition coefficient (Wildman–Crippen LogP) is 3.45. The fourth-order valence-corrected chi connectivity index (χ4v) is 2.60. The van der Waals surface area contributed by atoms with Crippen molar-refractivity contribution in [3.8, 4) is 17.2 Å². The van der Waals surface area contributed by atoms with Gasteiger partial charge in [-0.2, -0.15) is 5.10 Å². The summed E-state index contributed by atoms with van der Waals surface area (Å²) in [6, 6.07) is 10.5. The van der Waals surface area contributed by atoms with E-state index in [1.165, 1.54) is 13.3 Å². The second kappa shape index (κ2) is 8.70. The molecule has 2 N–H and O–H groups in total. The summed E-state index contributed by atoms with van der Waals surface area (Å²) in [5.74, 6) is 0.477. The van der Waals surface area contributed by atoms with Crippen LogP contribution in [0.5, 0.6) is 17.2 Å². The molecule has 0 fully saturated rings. The summed E-state index contributed by atoms with van der Waals surface area (Å²) in [4.78, 5) is 11.7. The van der Waals surface area contributed by atoms with Crippen LogP contribution < -0.4 is 14.9 Å². The monoisotopic (exact) mass is 456 g/mol. The lowest BCUT2D eigenvalue weighted by molar-refractivity contribution is -0.123. The first kappa shape index (κ1) is 18.3. The Balaban J connectivity index is 1.91. The second-order valence-corrected chi connectivity index (χ2v) is 6.27. The fraction of sp³-hybridized carbons (Fsp3) is 0.125. The van der Waals surface area contributed by atoms with Gasteiger partial charge in [-0.25, -0.2) is 5.43 Å². The van der Waals surface area contributed by atoms with Gasteiger partial charge in [-0.1, -0.05) is 12.1 Å². The van der Waals surface area contributed by atoms with Gasteiger partial charge in [-0.05, 0) is 61.7 Å². The second-order valence-electron chi connectivity index (χ2n) is 4.57. The molecular weight excluding hydrogens is 444 g/mol. The van der Waals surface area contributed by atoms with Crippen molar-refractivity contribution in [3.63, 3.8) is 0 Å². The van der Waals surface area contributed by atoms with Crippen LogP contribution in [0.25, 0.3) is 0 Å². The lowest BCUT2D eigenvalue weighted by Crippen LogP contribution is -2.24. The van der Waals surface area contributed by atoms with Gasteiger partial charge in [0.2, 0.25) is 0 Å². The number of para-hydroxylation sites is 1. The van der Waals surface area contributed by atoms with Gasteiger partial charge >= 0.3 is 0 Å². The normalized spacial score (nSPS) is 10.6.